The molecular formula is C12H9FN2S2. The summed E-state index contributed by atoms with van der Waals surface area (Å²) < 4.78 is 20.2. The van der Waals surface area contributed by atoms with Gasteiger partial charge in [-0.25, -0.2) is 4.39 Å². The standard InChI is InChI=1S/C6H5FS.C6H4N2S/c7-5-1-3-6(8)4-2-5;1-2-4-6-5(3-1)7-9-8-6/h1-4,8H;1-4H. The van der Waals surface area contributed by atoms with Crippen LogP contribution in [0, 0.1) is 5.82 Å². The molecule has 0 aliphatic carbocycles. The fraction of sp³-hybridized carbons (Fsp3) is 0. The van der Waals surface area contributed by atoms with Crippen LogP contribution in [0.2, 0.25) is 0 Å². The highest BCUT2D eigenvalue weighted by Gasteiger charge is 1.91. The second-order valence-electron chi connectivity index (χ2n) is 3.23. The summed E-state index contributed by atoms with van der Waals surface area (Å²) in [4.78, 5) is 0.784. The maximum atomic E-state index is 12.1. The van der Waals surface area contributed by atoms with Crippen molar-refractivity contribution in [1.29, 1.82) is 0 Å². The van der Waals surface area contributed by atoms with E-state index >= 15 is 0 Å². The minimum Gasteiger partial charge on any atom is -0.207 e. The number of hydrogen-bond donors (Lipinski definition) is 1. The molecule has 0 aliphatic rings. The summed E-state index contributed by atoms with van der Waals surface area (Å²) in [6.07, 6.45) is 0. The number of hydrogen-bond acceptors (Lipinski definition) is 4. The van der Waals surface area contributed by atoms with Crippen molar-refractivity contribution in [3.8, 4) is 0 Å². The first-order valence-electron chi connectivity index (χ1n) is 4.87. The van der Waals surface area contributed by atoms with Gasteiger partial charge in [0, 0.05) is 4.90 Å². The van der Waals surface area contributed by atoms with E-state index in [1.807, 2.05) is 24.3 Å². The zero-order valence-electron chi connectivity index (χ0n) is 8.75. The first kappa shape index (κ1) is 12.0. The number of fused-ring (bicyclic) bond motifs is 1. The van der Waals surface area contributed by atoms with Gasteiger partial charge >= 0.3 is 0 Å². The first-order valence-corrected chi connectivity index (χ1v) is 6.05. The minimum atomic E-state index is -0.220. The Bertz CT molecular complexity index is 542. The lowest BCUT2D eigenvalue weighted by Gasteiger charge is -1.86. The van der Waals surface area contributed by atoms with Crippen molar-refractivity contribution in [3.05, 3.63) is 54.3 Å². The van der Waals surface area contributed by atoms with E-state index in [4.69, 9.17) is 0 Å². The predicted octanol–water partition coefficient (Wildman–Crippen LogP) is 3.81. The van der Waals surface area contributed by atoms with Crippen LogP contribution in [0.3, 0.4) is 0 Å². The van der Waals surface area contributed by atoms with Crippen molar-refractivity contribution in [1.82, 2.24) is 8.75 Å². The Kier molecular flexibility index (Phi) is 4.06. The van der Waals surface area contributed by atoms with Crippen LogP contribution < -0.4 is 0 Å². The Labute approximate surface area is 108 Å². The van der Waals surface area contributed by atoms with E-state index in [-0.39, 0.29) is 5.82 Å². The van der Waals surface area contributed by atoms with Crippen LogP contribution in [0.1, 0.15) is 0 Å². The molecule has 17 heavy (non-hydrogen) atoms. The largest absolute Gasteiger partial charge is 0.207 e. The lowest BCUT2D eigenvalue weighted by Crippen LogP contribution is -1.68. The number of thiol groups is 1. The Hall–Kier alpha value is -1.46. The van der Waals surface area contributed by atoms with Gasteiger partial charge in [-0.2, -0.15) is 8.75 Å². The van der Waals surface area contributed by atoms with Gasteiger partial charge in [0.25, 0.3) is 0 Å². The summed E-state index contributed by atoms with van der Waals surface area (Å²) in [5, 5.41) is 0. The maximum Gasteiger partial charge on any atom is 0.123 e. The third-order valence-electron chi connectivity index (χ3n) is 1.99. The average Bonchev–Trinajstić information content (AvgIpc) is 2.82. The summed E-state index contributed by atoms with van der Waals surface area (Å²) in [6.45, 7) is 0. The molecule has 0 fully saturated rings. The summed E-state index contributed by atoms with van der Waals surface area (Å²) in [5.74, 6) is -0.220. The van der Waals surface area contributed by atoms with Crippen LogP contribution in [0.15, 0.2) is 53.4 Å². The molecular weight excluding hydrogens is 255 g/mol. The Morgan fingerprint density at radius 1 is 0.882 bits per heavy atom. The average molecular weight is 264 g/mol. The number of nitrogens with zero attached hydrogens (tertiary/aromatic N) is 2. The first-order chi connectivity index (χ1) is 8.25. The summed E-state index contributed by atoms with van der Waals surface area (Å²) >= 11 is 5.22. The van der Waals surface area contributed by atoms with Crippen molar-refractivity contribution < 1.29 is 4.39 Å². The van der Waals surface area contributed by atoms with E-state index in [9.17, 15) is 4.39 Å². The summed E-state index contributed by atoms with van der Waals surface area (Å²) in [6, 6.07) is 13.8. The minimum absolute atomic E-state index is 0.220. The number of rotatable bonds is 0. The topological polar surface area (TPSA) is 25.8 Å². The lowest BCUT2D eigenvalue weighted by atomic mass is 10.3. The zero-order valence-corrected chi connectivity index (χ0v) is 10.5. The lowest BCUT2D eigenvalue weighted by molar-refractivity contribution is 0.626. The normalized spacial score (nSPS) is 9.76. The van der Waals surface area contributed by atoms with Gasteiger partial charge < -0.3 is 0 Å². The summed E-state index contributed by atoms with van der Waals surface area (Å²) in [5.41, 5.74) is 1.98. The van der Waals surface area contributed by atoms with Crippen LogP contribution in [0.4, 0.5) is 4.39 Å². The van der Waals surface area contributed by atoms with Crippen molar-refractivity contribution >= 4 is 35.4 Å². The third kappa shape index (κ3) is 3.51. The number of aromatic nitrogens is 2. The second kappa shape index (κ2) is 5.75. The van der Waals surface area contributed by atoms with E-state index in [1.54, 1.807) is 12.1 Å². The highest BCUT2D eigenvalue weighted by atomic mass is 32.1. The monoisotopic (exact) mass is 264 g/mol. The molecule has 0 atom stereocenters. The maximum absolute atomic E-state index is 12.1. The molecule has 0 aliphatic heterocycles. The van der Waals surface area contributed by atoms with Gasteiger partial charge in [0.1, 0.15) is 16.9 Å². The second-order valence-corrected chi connectivity index (χ2v) is 4.27. The van der Waals surface area contributed by atoms with Crippen LogP contribution >= 0.6 is 24.4 Å². The molecule has 2 aromatic carbocycles. The van der Waals surface area contributed by atoms with Crippen LogP contribution in [0.5, 0.6) is 0 Å². The van der Waals surface area contributed by atoms with Gasteiger partial charge in [-0.05, 0) is 36.4 Å². The molecule has 1 aromatic heterocycles. The van der Waals surface area contributed by atoms with E-state index in [0.717, 1.165) is 15.9 Å². The predicted molar refractivity (Wildman–Crippen MR) is 71.1 cm³/mol. The molecule has 2 nitrogen and oxygen atoms in total. The highest BCUT2D eigenvalue weighted by Crippen LogP contribution is 2.08. The van der Waals surface area contributed by atoms with E-state index in [2.05, 4.69) is 21.4 Å². The fourth-order valence-corrected chi connectivity index (χ4v) is 1.84. The molecule has 0 saturated heterocycles. The highest BCUT2D eigenvalue weighted by molar-refractivity contribution is 7.80. The molecule has 3 aromatic rings. The molecule has 0 saturated carbocycles. The molecule has 0 unspecified atom stereocenters. The molecule has 0 bridgehead atoms. The van der Waals surface area contributed by atoms with Crippen LogP contribution in [-0.2, 0) is 0 Å². The number of benzene rings is 2. The Balaban J connectivity index is 0.000000128. The Morgan fingerprint density at radius 3 is 1.88 bits per heavy atom. The van der Waals surface area contributed by atoms with Gasteiger partial charge in [-0.15, -0.1) is 12.6 Å². The van der Waals surface area contributed by atoms with Gasteiger partial charge in [-0.1, -0.05) is 12.1 Å². The van der Waals surface area contributed by atoms with E-state index < -0.39 is 0 Å². The van der Waals surface area contributed by atoms with E-state index in [1.165, 1.54) is 23.9 Å². The van der Waals surface area contributed by atoms with E-state index in [0.29, 0.717) is 0 Å². The quantitative estimate of drug-likeness (QED) is 0.625. The molecule has 0 spiro atoms. The molecule has 86 valence electrons. The van der Waals surface area contributed by atoms with Gasteiger partial charge in [0.2, 0.25) is 0 Å². The van der Waals surface area contributed by atoms with Gasteiger partial charge in [0.05, 0.1) is 11.7 Å². The molecule has 0 radical (unpaired) electrons. The van der Waals surface area contributed by atoms with Crippen molar-refractivity contribution in [2.75, 3.05) is 0 Å². The smallest absolute Gasteiger partial charge is 0.123 e. The summed E-state index contributed by atoms with van der Waals surface area (Å²) in [7, 11) is 0. The third-order valence-corrected chi connectivity index (χ3v) is 2.84. The van der Waals surface area contributed by atoms with Crippen molar-refractivity contribution in [2.24, 2.45) is 0 Å². The molecule has 1 heterocycles. The van der Waals surface area contributed by atoms with Crippen molar-refractivity contribution in [2.45, 2.75) is 4.90 Å². The van der Waals surface area contributed by atoms with Crippen molar-refractivity contribution in [3.63, 3.8) is 0 Å². The van der Waals surface area contributed by atoms with Crippen LogP contribution in [-0.4, -0.2) is 8.75 Å². The molecule has 3 rings (SSSR count). The molecule has 5 heteroatoms. The fourth-order valence-electron chi connectivity index (χ4n) is 1.17. The zero-order chi connectivity index (χ0) is 12.1. The van der Waals surface area contributed by atoms with Gasteiger partial charge in [0.15, 0.2) is 0 Å². The Morgan fingerprint density at radius 2 is 1.41 bits per heavy atom. The van der Waals surface area contributed by atoms with Gasteiger partial charge in [-0.3, -0.25) is 0 Å². The molecule has 0 N–H and O–H groups in total. The SMILES string of the molecule is Fc1ccc(S)cc1.c1ccc2nsnc2c1. The molecule has 0 amide bonds. The van der Waals surface area contributed by atoms with Crippen LogP contribution in [0.25, 0.3) is 11.0 Å². The number of halogens is 1.